The molecule has 1 heterocycles. The van der Waals surface area contributed by atoms with Crippen molar-refractivity contribution in [3.63, 3.8) is 0 Å². The van der Waals surface area contributed by atoms with Gasteiger partial charge in [-0.1, -0.05) is 67.6 Å². The van der Waals surface area contributed by atoms with Crippen LogP contribution < -0.4 is 10.2 Å². The summed E-state index contributed by atoms with van der Waals surface area (Å²) in [6.45, 7) is 4.58. The molecule has 30 heavy (non-hydrogen) atoms. The Hall–Kier alpha value is -3.40. The van der Waals surface area contributed by atoms with Crippen LogP contribution in [0, 0.1) is 0 Å². The van der Waals surface area contributed by atoms with Gasteiger partial charge in [0.1, 0.15) is 0 Å². The zero-order valence-corrected chi connectivity index (χ0v) is 17.4. The fourth-order valence-corrected chi connectivity index (χ4v) is 4.15. The summed E-state index contributed by atoms with van der Waals surface area (Å²) >= 11 is 0. The zero-order valence-electron chi connectivity index (χ0n) is 17.4. The molecule has 0 saturated carbocycles. The number of benzene rings is 3. The predicted octanol–water partition coefficient (Wildman–Crippen LogP) is 4.68. The normalized spacial score (nSPS) is 13.1. The van der Waals surface area contributed by atoms with Crippen LogP contribution in [0.3, 0.4) is 0 Å². The van der Waals surface area contributed by atoms with Gasteiger partial charge in [-0.3, -0.25) is 9.59 Å². The van der Waals surface area contributed by atoms with Gasteiger partial charge in [-0.25, -0.2) is 0 Å². The average Bonchev–Trinajstić information content (AvgIpc) is 3.23. The van der Waals surface area contributed by atoms with Crippen LogP contribution in [0.4, 0.5) is 5.69 Å². The zero-order chi connectivity index (χ0) is 21.1. The number of nitrogens with one attached hydrogen (secondary N) is 1. The lowest BCUT2D eigenvalue weighted by atomic mass is 9.84. The molecular weight excluding hydrogens is 372 g/mol. The molecule has 4 rings (SSSR count). The van der Waals surface area contributed by atoms with Gasteiger partial charge in [0.25, 0.3) is 5.91 Å². The molecule has 3 aromatic carbocycles. The molecule has 1 aliphatic rings. The first kappa shape index (κ1) is 19.9. The van der Waals surface area contributed by atoms with Gasteiger partial charge < -0.3 is 10.2 Å². The molecule has 4 nitrogen and oxygen atoms in total. The van der Waals surface area contributed by atoms with Crippen molar-refractivity contribution in [3.05, 3.63) is 101 Å². The molecule has 4 heteroatoms. The van der Waals surface area contributed by atoms with Crippen molar-refractivity contribution in [1.82, 2.24) is 5.32 Å². The Bertz CT molecular complexity index is 1020. The molecule has 0 radical (unpaired) electrons. The molecule has 0 bridgehead atoms. The maximum atomic E-state index is 13.3. The van der Waals surface area contributed by atoms with Gasteiger partial charge in [0.2, 0.25) is 5.91 Å². The monoisotopic (exact) mass is 398 g/mol. The van der Waals surface area contributed by atoms with Crippen LogP contribution in [0.5, 0.6) is 0 Å². The van der Waals surface area contributed by atoms with E-state index in [-0.39, 0.29) is 11.8 Å². The first-order chi connectivity index (χ1) is 14.5. The molecule has 0 aromatic heterocycles. The van der Waals surface area contributed by atoms with Crippen molar-refractivity contribution in [1.29, 1.82) is 0 Å². The standard InChI is InChI=1S/C26H26N2O2/c1-3-24(29)28-17-16-19-18-20(14-15-23(19)28)25(30)27-26(2,21-10-6-4-7-11-21)22-12-8-5-9-13-22/h4-15,18H,3,16-17H2,1-2H3,(H,27,30). The Morgan fingerprint density at radius 1 is 0.933 bits per heavy atom. The fraction of sp³-hybridized carbons (Fsp3) is 0.231. The first-order valence-electron chi connectivity index (χ1n) is 10.4. The summed E-state index contributed by atoms with van der Waals surface area (Å²) in [6, 6.07) is 25.6. The summed E-state index contributed by atoms with van der Waals surface area (Å²) in [5, 5.41) is 3.26. The molecule has 3 aromatic rings. The van der Waals surface area contributed by atoms with E-state index >= 15 is 0 Å². The minimum atomic E-state index is -0.664. The van der Waals surface area contributed by atoms with Crippen molar-refractivity contribution in [2.24, 2.45) is 0 Å². The summed E-state index contributed by atoms with van der Waals surface area (Å²) in [5.41, 5.74) is 3.95. The fourth-order valence-electron chi connectivity index (χ4n) is 4.15. The van der Waals surface area contributed by atoms with Crippen LogP contribution in [0.2, 0.25) is 0 Å². The third-order valence-corrected chi connectivity index (χ3v) is 5.91. The number of hydrogen-bond donors (Lipinski definition) is 1. The Labute approximate surface area is 177 Å². The second kappa shape index (κ2) is 8.15. The maximum absolute atomic E-state index is 13.3. The number of nitrogens with zero attached hydrogens (tertiary/aromatic N) is 1. The summed E-state index contributed by atoms with van der Waals surface area (Å²) < 4.78 is 0. The second-order valence-electron chi connectivity index (χ2n) is 7.80. The van der Waals surface area contributed by atoms with E-state index < -0.39 is 5.54 Å². The second-order valence-corrected chi connectivity index (χ2v) is 7.80. The quantitative estimate of drug-likeness (QED) is 0.678. The Morgan fingerprint density at radius 2 is 1.53 bits per heavy atom. The first-order valence-corrected chi connectivity index (χ1v) is 10.4. The van der Waals surface area contributed by atoms with E-state index in [9.17, 15) is 9.59 Å². The molecular formula is C26H26N2O2. The third kappa shape index (κ3) is 3.61. The predicted molar refractivity (Wildman–Crippen MR) is 120 cm³/mol. The minimum absolute atomic E-state index is 0.117. The maximum Gasteiger partial charge on any atom is 0.252 e. The number of anilines is 1. The molecule has 0 saturated heterocycles. The highest BCUT2D eigenvalue weighted by molar-refractivity contribution is 5.99. The van der Waals surface area contributed by atoms with E-state index in [0.29, 0.717) is 18.5 Å². The van der Waals surface area contributed by atoms with Crippen molar-refractivity contribution in [3.8, 4) is 0 Å². The highest BCUT2D eigenvalue weighted by Crippen LogP contribution is 2.32. The van der Waals surface area contributed by atoms with Crippen molar-refractivity contribution in [2.75, 3.05) is 11.4 Å². The van der Waals surface area contributed by atoms with Gasteiger partial charge in [-0.2, -0.15) is 0 Å². The van der Waals surface area contributed by atoms with Crippen LogP contribution in [0.15, 0.2) is 78.9 Å². The molecule has 2 amide bonds. The smallest absolute Gasteiger partial charge is 0.252 e. The van der Waals surface area contributed by atoms with Gasteiger partial charge in [-0.15, -0.1) is 0 Å². The van der Waals surface area contributed by atoms with Gasteiger partial charge in [0.15, 0.2) is 0 Å². The Balaban J connectivity index is 1.65. The number of carbonyl (C=O) groups excluding carboxylic acids is 2. The summed E-state index contributed by atoms with van der Waals surface area (Å²) in [7, 11) is 0. The van der Waals surface area contributed by atoms with Gasteiger partial charge in [0.05, 0.1) is 5.54 Å². The highest BCUT2D eigenvalue weighted by atomic mass is 16.2. The van der Waals surface area contributed by atoms with Crippen LogP contribution in [-0.4, -0.2) is 18.4 Å². The molecule has 0 fully saturated rings. The van der Waals surface area contributed by atoms with E-state index in [1.165, 1.54) is 0 Å². The van der Waals surface area contributed by atoms with E-state index in [4.69, 9.17) is 0 Å². The van der Waals surface area contributed by atoms with Gasteiger partial charge >= 0.3 is 0 Å². The summed E-state index contributed by atoms with van der Waals surface area (Å²) in [5.74, 6) is -0.0139. The molecule has 0 unspecified atom stereocenters. The number of amides is 2. The molecule has 1 aliphatic heterocycles. The lowest BCUT2D eigenvalue weighted by Gasteiger charge is -2.32. The Morgan fingerprint density at radius 3 is 2.10 bits per heavy atom. The van der Waals surface area contributed by atoms with Gasteiger partial charge in [0, 0.05) is 24.2 Å². The largest absolute Gasteiger partial charge is 0.339 e. The molecule has 0 atom stereocenters. The number of carbonyl (C=O) groups is 2. The topological polar surface area (TPSA) is 49.4 Å². The molecule has 0 spiro atoms. The summed E-state index contributed by atoms with van der Waals surface area (Å²) in [6.07, 6.45) is 1.25. The van der Waals surface area contributed by atoms with E-state index in [1.807, 2.05) is 97.6 Å². The van der Waals surface area contributed by atoms with E-state index in [2.05, 4.69) is 5.32 Å². The number of fused-ring (bicyclic) bond motifs is 1. The van der Waals surface area contributed by atoms with Crippen LogP contribution in [-0.2, 0) is 16.8 Å². The molecule has 1 N–H and O–H groups in total. The SMILES string of the molecule is CCC(=O)N1CCc2cc(C(=O)NC(C)(c3ccccc3)c3ccccc3)ccc21. The molecule has 152 valence electrons. The van der Waals surface area contributed by atoms with Gasteiger partial charge in [-0.05, 0) is 48.2 Å². The summed E-state index contributed by atoms with van der Waals surface area (Å²) in [4.78, 5) is 27.2. The number of rotatable bonds is 5. The third-order valence-electron chi connectivity index (χ3n) is 5.91. The van der Waals surface area contributed by atoms with Crippen LogP contribution in [0.25, 0.3) is 0 Å². The van der Waals surface area contributed by atoms with E-state index in [0.717, 1.165) is 28.8 Å². The van der Waals surface area contributed by atoms with Crippen molar-refractivity contribution in [2.45, 2.75) is 32.2 Å². The van der Waals surface area contributed by atoms with Crippen LogP contribution in [0.1, 0.15) is 47.3 Å². The average molecular weight is 399 g/mol. The molecule has 0 aliphatic carbocycles. The van der Waals surface area contributed by atoms with Crippen molar-refractivity contribution < 1.29 is 9.59 Å². The lowest BCUT2D eigenvalue weighted by molar-refractivity contribution is -0.118. The highest BCUT2D eigenvalue weighted by Gasteiger charge is 2.31. The van der Waals surface area contributed by atoms with Crippen molar-refractivity contribution >= 4 is 17.5 Å². The van der Waals surface area contributed by atoms with Crippen LogP contribution >= 0.6 is 0 Å². The number of hydrogen-bond acceptors (Lipinski definition) is 2. The minimum Gasteiger partial charge on any atom is -0.339 e. The lowest BCUT2D eigenvalue weighted by Crippen LogP contribution is -2.44. The Kier molecular flexibility index (Phi) is 5.40. The van der Waals surface area contributed by atoms with E-state index in [1.54, 1.807) is 0 Å².